The van der Waals surface area contributed by atoms with E-state index in [-0.39, 0.29) is 0 Å². The van der Waals surface area contributed by atoms with Crippen molar-refractivity contribution in [2.75, 3.05) is 11.9 Å². The van der Waals surface area contributed by atoms with Gasteiger partial charge < -0.3 is 10.6 Å². The maximum Gasteiger partial charge on any atom is 0.0520 e. The number of hydrogen-bond donors (Lipinski definition) is 1. The SMILES string of the molecule is CN(Cc1cc(Br)cs1)c1ccc(Br)cc1CN. The fraction of sp³-hybridized carbons (Fsp3) is 0.231. The van der Waals surface area contributed by atoms with Gasteiger partial charge in [-0.2, -0.15) is 0 Å². The molecule has 2 N–H and O–H groups in total. The highest BCUT2D eigenvalue weighted by atomic mass is 79.9. The van der Waals surface area contributed by atoms with Gasteiger partial charge in [0.15, 0.2) is 0 Å². The zero-order valence-electron chi connectivity index (χ0n) is 9.99. The van der Waals surface area contributed by atoms with E-state index in [2.05, 4.69) is 73.5 Å². The Labute approximate surface area is 128 Å². The van der Waals surface area contributed by atoms with Crippen molar-refractivity contribution in [3.63, 3.8) is 0 Å². The van der Waals surface area contributed by atoms with E-state index >= 15 is 0 Å². The predicted molar refractivity (Wildman–Crippen MR) is 86.2 cm³/mol. The van der Waals surface area contributed by atoms with Gasteiger partial charge in [0.25, 0.3) is 0 Å². The zero-order valence-corrected chi connectivity index (χ0v) is 14.0. The molecule has 0 aliphatic carbocycles. The lowest BCUT2D eigenvalue weighted by Gasteiger charge is -2.21. The lowest BCUT2D eigenvalue weighted by molar-refractivity contribution is 0.917. The summed E-state index contributed by atoms with van der Waals surface area (Å²) >= 11 is 8.72. The smallest absolute Gasteiger partial charge is 0.0520 e. The Hall–Kier alpha value is -0.360. The van der Waals surface area contributed by atoms with E-state index in [0.29, 0.717) is 6.54 Å². The molecule has 0 atom stereocenters. The maximum absolute atomic E-state index is 5.80. The molecule has 0 bridgehead atoms. The molecule has 1 aromatic heterocycles. The number of thiophene rings is 1. The second-order valence-electron chi connectivity index (χ2n) is 4.06. The molecule has 18 heavy (non-hydrogen) atoms. The number of rotatable bonds is 4. The van der Waals surface area contributed by atoms with Crippen LogP contribution in [0.2, 0.25) is 0 Å². The van der Waals surface area contributed by atoms with E-state index < -0.39 is 0 Å². The summed E-state index contributed by atoms with van der Waals surface area (Å²) in [6.45, 7) is 1.44. The fourth-order valence-electron chi connectivity index (χ4n) is 1.85. The molecule has 5 heteroatoms. The van der Waals surface area contributed by atoms with Crippen LogP contribution in [0.4, 0.5) is 5.69 Å². The van der Waals surface area contributed by atoms with E-state index in [1.54, 1.807) is 11.3 Å². The van der Waals surface area contributed by atoms with Crippen LogP contribution >= 0.6 is 43.2 Å². The van der Waals surface area contributed by atoms with E-state index in [1.807, 2.05) is 0 Å². The van der Waals surface area contributed by atoms with Gasteiger partial charge in [0, 0.05) is 38.5 Å². The minimum Gasteiger partial charge on any atom is -0.369 e. The number of benzene rings is 1. The monoisotopic (exact) mass is 388 g/mol. The first-order valence-corrected chi connectivity index (χ1v) is 7.99. The van der Waals surface area contributed by atoms with Crippen molar-refractivity contribution >= 4 is 48.9 Å². The lowest BCUT2D eigenvalue weighted by atomic mass is 10.1. The van der Waals surface area contributed by atoms with E-state index in [9.17, 15) is 0 Å². The number of nitrogens with zero attached hydrogens (tertiary/aromatic N) is 1. The van der Waals surface area contributed by atoms with E-state index in [0.717, 1.165) is 21.1 Å². The second-order valence-corrected chi connectivity index (χ2v) is 6.89. The van der Waals surface area contributed by atoms with Gasteiger partial charge in [0.1, 0.15) is 0 Å². The average molecular weight is 390 g/mol. The molecule has 1 heterocycles. The molecule has 0 saturated carbocycles. The van der Waals surface area contributed by atoms with Gasteiger partial charge in [-0.3, -0.25) is 0 Å². The molecule has 1 aromatic carbocycles. The average Bonchev–Trinajstić information content (AvgIpc) is 2.74. The summed E-state index contributed by atoms with van der Waals surface area (Å²) in [5.41, 5.74) is 8.14. The molecule has 0 saturated heterocycles. The Morgan fingerprint density at radius 3 is 2.61 bits per heavy atom. The predicted octanol–water partition coefficient (Wildman–Crippen LogP) is 4.37. The molecule has 0 aliphatic rings. The van der Waals surface area contributed by atoms with Gasteiger partial charge in [-0.05, 0) is 45.8 Å². The Balaban J connectivity index is 2.20. The highest BCUT2D eigenvalue weighted by Crippen LogP contribution is 2.27. The van der Waals surface area contributed by atoms with Crippen molar-refractivity contribution < 1.29 is 0 Å². The molecule has 0 spiro atoms. The number of anilines is 1. The number of halogens is 2. The number of nitrogens with two attached hydrogens (primary N) is 1. The minimum absolute atomic E-state index is 0.549. The van der Waals surface area contributed by atoms with Crippen molar-refractivity contribution in [1.82, 2.24) is 0 Å². The van der Waals surface area contributed by atoms with Crippen LogP contribution in [0.3, 0.4) is 0 Å². The highest BCUT2D eigenvalue weighted by Gasteiger charge is 2.08. The maximum atomic E-state index is 5.80. The minimum atomic E-state index is 0.549. The first-order valence-electron chi connectivity index (χ1n) is 5.52. The topological polar surface area (TPSA) is 29.3 Å². The summed E-state index contributed by atoms with van der Waals surface area (Å²) in [6.07, 6.45) is 0. The largest absolute Gasteiger partial charge is 0.369 e. The standard InChI is InChI=1S/C13H14Br2N2S/c1-17(7-12-5-11(15)8-18-12)13-3-2-10(14)4-9(13)6-16/h2-5,8H,6-7,16H2,1H3. The molecule has 2 aromatic rings. The van der Waals surface area contributed by atoms with Crippen LogP contribution in [-0.2, 0) is 13.1 Å². The van der Waals surface area contributed by atoms with Crippen molar-refractivity contribution in [3.05, 3.63) is 49.0 Å². The van der Waals surface area contributed by atoms with Gasteiger partial charge in [-0.15, -0.1) is 11.3 Å². The zero-order chi connectivity index (χ0) is 13.1. The summed E-state index contributed by atoms with van der Waals surface area (Å²) in [6, 6.07) is 8.39. The Morgan fingerprint density at radius 2 is 2.00 bits per heavy atom. The summed E-state index contributed by atoms with van der Waals surface area (Å²) in [5.74, 6) is 0. The highest BCUT2D eigenvalue weighted by molar-refractivity contribution is 9.10. The summed E-state index contributed by atoms with van der Waals surface area (Å²) < 4.78 is 2.21. The van der Waals surface area contributed by atoms with Crippen LogP contribution in [0.25, 0.3) is 0 Å². The molecule has 2 nitrogen and oxygen atoms in total. The third-order valence-corrected chi connectivity index (χ3v) is 4.86. The van der Waals surface area contributed by atoms with Gasteiger partial charge in [0.2, 0.25) is 0 Å². The third-order valence-electron chi connectivity index (χ3n) is 2.69. The lowest BCUT2D eigenvalue weighted by Crippen LogP contribution is -2.18. The van der Waals surface area contributed by atoms with Crippen LogP contribution < -0.4 is 10.6 Å². The van der Waals surface area contributed by atoms with Crippen molar-refractivity contribution in [2.24, 2.45) is 5.73 Å². The normalized spacial score (nSPS) is 10.7. The van der Waals surface area contributed by atoms with Crippen LogP contribution in [0.15, 0.2) is 38.6 Å². The van der Waals surface area contributed by atoms with Gasteiger partial charge in [0.05, 0.1) is 6.54 Å². The molecule has 2 rings (SSSR count). The van der Waals surface area contributed by atoms with Crippen LogP contribution in [-0.4, -0.2) is 7.05 Å². The van der Waals surface area contributed by atoms with Gasteiger partial charge in [-0.25, -0.2) is 0 Å². The summed E-state index contributed by atoms with van der Waals surface area (Å²) in [5, 5.41) is 2.11. The third kappa shape index (κ3) is 3.35. The quantitative estimate of drug-likeness (QED) is 0.841. The van der Waals surface area contributed by atoms with Crippen LogP contribution in [0.5, 0.6) is 0 Å². The van der Waals surface area contributed by atoms with E-state index in [4.69, 9.17) is 5.73 Å². The second kappa shape index (κ2) is 6.19. The molecule has 0 aliphatic heterocycles. The Morgan fingerprint density at radius 1 is 1.22 bits per heavy atom. The molecular weight excluding hydrogens is 376 g/mol. The molecule has 0 amide bonds. The summed E-state index contributed by atoms with van der Waals surface area (Å²) in [7, 11) is 2.09. The fourth-order valence-corrected chi connectivity index (χ4v) is 3.76. The Bertz CT molecular complexity index is 540. The van der Waals surface area contributed by atoms with Crippen LogP contribution in [0, 0.1) is 0 Å². The molecule has 0 radical (unpaired) electrons. The molecular formula is C13H14Br2N2S. The first kappa shape index (κ1) is 14.1. The van der Waals surface area contributed by atoms with Crippen molar-refractivity contribution in [2.45, 2.75) is 13.1 Å². The molecule has 0 unspecified atom stereocenters. The van der Waals surface area contributed by atoms with Crippen molar-refractivity contribution in [3.8, 4) is 0 Å². The van der Waals surface area contributed by atoms with E-state index in [1.165, 1.54) is 10.6 Å². The molecule has 0 fully saturated rings. The summed E-state index contributed by atoms with van der Waals surface area (Å²) in [4.78, 5) is 3.56. The van der Waals surface area contributed by atoms with Crippen molar-refractivity contribution in [1.29, 1.82) is 0 Å². The van der Waals surface area contributed by atoms with Crippen LogP contribution in [0.1, 0.15) is 10.4 Å². The first-order chi connectivity index (χ1) is 8.60. The molecule has 96 valence electrons. The van der Waals surface area contributed by atoms with Gasteiger partial charge >= 0.3 is 0 Å². The van der Waals surface area contributed by atoms with Gasteiger partial charge in [-0.1, -0.05) is 15.9 Å². The number of hydrogen-bond acceptors (Lipinski definition) is 3. The Kier molecular flexibility index (Phi) is 4.84.